The number of hydrogen-bond acceptors (Lipinski definition) is 2. The maximum absolute atomic E-state index is 6.26. The zero-order chi connectivity index (χ0) is 14.7. The lowest BCUT2D eigenvalue weighted by Gasteiger charge is -2.14. The van der Waals surface area contributed by atoms with Gasteiger partial charge in [-0.2, -0.15) is 0 Å². The predicted octanol–water partition coefficient (Wildman–Crippen LogP) is 5.72. The highest BCUT2D eigenvalue weighted by Gasteiger charge is 2.11. The van der Waals surface area contributed by atoms with Gasteiger partial charge in [0.2, 0.25) is 0 Å². The Labute approximate surface area is 133 Å². The van der Waals surface area contributed by atoms with Crippen LogP contribution in [0.25, 0.3) is 0 Å². The van der Waals surface area contributed by atoms with Crippen molar-refractivity contribution in [3.05, 3.63) is 57.0 Å². The summed E-state index contributed by atoms with van der Waals surface area (Å²) in [5, 5.41) is 4.63. The molecule has 0 aliphatic rings. The molecule has 0 fully saturated rings. The van der Waals surface area contributed by atoms with E-state index >= 15 is 0 Å². The van der Waals surface area contributed by atoms with Gasteiger partial charge in [-0.1, -0.05) is 46.9 Å². The molecule has 1 unspecified atom stereocenters. The standard InChI is InChI=1S/C15H14Cl3NO/c1-9(19-2)11-7-6-10(8-13(11)17)20-14-5-3-4-12(16)15(14)18/h3-9,19H,1-2H3. The lowest BCUT2D eigenvalue weighted by molar-refractivity contribution is 0.482. The van der Waals surface area contributed by atoms with Gasteiger partial charge < -0.3 is 10.1 Å². The van der Waals surface area contributed by atoms with E-state index < -0.39 is 0 Å². The van der Waals surface area contributed by atoms with Gasteiger partial charge in [0, 0.05) is 11.1 Å². The minimum Gasteiger partial charge on any atom is -0.456 e. The third-order valence-corrected chi connectivity index (χ3v) is 4.14. The quantitative estimate of drug-likeness (QED) is 0.774. The zero-order valence-corrected chi connectivity index (χ0v) is 13.4. The number of benzene rings is 2. The normalized spacial score (nSPS) is 12.2. The number of hydrogen-bond donors (Lipinski definition) is 1. The maximum atomic E-state index is 6.26. The van der Waals surface area contributed by atoms with Crippen LogP contribution in [-0.2, 0) is 0 Å². The Balaban J connectivity index is 2.27. The summed E-state index contributed by atoms with van der Waals surface area (Å²) in [5.41, 5.74) is 1.01. The summed E-state index contributed by atoms with van der Waals surface area (Å²) in [4.78, 5) is 0. The Morgan fingerprint density at radius 3 is 2.45 bits per heavy atom. The van der Waals surface area contributed by atoms with Crippen molar-refractivity contribution in [2.24, 2.45) is 0 Å². The fourth-order valence-corrected chi connectivity index (χ4v) is 2.43. The molecule has 2 aromatic carbocycles. The van der Waals surface area contributed by atoms with Gasteiger partial charge in [0.15, 0.2) is 0 Å². The van der Waals surface area contributed by atoms with Crippen molar-refractivity contribution in [3.8, 4) is 11.5 Å². The van der Waals surface area contributed by atoms with E-state index in [1.807, 2.05) is 26.1 Å². The van der Waals surface area contributed by atoms with E-state index in [9.17, 15) is 0 Å². The van der Waals surface area contributed by atoms with Crippen LogP contribution in [0, 0.1) is 0 Å². The number of nitrogens with one attached hydrogen (secondary N) is 1. The summed E-state index contributed by atoms with van der Waals surface area (Å²) in [6.45, 7) is 2.04. The summed E-state index contributed by atoms with van der Waals surface area (Å²) in [6.07, 6.45) is 0. The SMILES string of the molecule is CNC(C)c1ccc(Oc2cccc(Cl)c2Cl)cc1Cl. The number of rotatable bonds is 4. The summed E-state index contributed by atoms with van der Waals surface area (Å²) >= 11 is 18.3. The first-order valence-electron chi connectivity index (χ1n) is 6.11. The summed E-state index contributed by atoms with van der Waals surface area (Å²) in [6, 6.07) is 11.0. The third kappa shape index (κ3) is 3.39. The molecule has 0 saturated heterocycles. The molecule has 0 aliphatic carbocycles. The molecule has 1 atom stereocenters. The van der Waals surface area contributed by atoms with E-state index in [1.165, 1.54) is 0 Å². The minimum atomic E-state index is 0.173. The number of halogens is 3. The Hall–Kier alpha value is -0.930. The third-order valence-electron chi connectivity index (χ3n) is 3.02. The van der Waals surface area contributed by atoms with Crippen LogP contribution in [0.15, 0.2) is 36.4 Å². The van der Waals surface area contributed by atoms with Crippen LogP contribution >= 0.6 is 34.8 Å². The molecule has 2 nitrogen and oxygen atoms in total. The van der Waals surface area contributed by atoms with Crippen LogP contribution in [0.5, 0.6) is 11.5 Å². The van der Waals surface area contributed by atoms with E-state index in [0.29, 0.717) is 26.6 Å². The summed E-state index contributed by atoms with van der Waals surface area (Å²) in [7, 11) is 1.89. The second-order valence-electron chi connectivity index (χ2n) is 4.35. The topological polar surface area (TPSA) is 21.3 Å². The van der Waals surface area contributed by atoms with Crippen LogP contribution in [0.3, 0.4) is 0 Å². The molecular weight excluding hydrogens is 317 g/mol. The predicted molar refractivity (Wildman–Crippen MR) is 85.5 cm³/mol. The maximum Gasteiger partial charge on any atom is 0.147 e. The molecular formula is C15H14Cl3NO. The molecule has 0 saturated carbocycles. The van der Waals surface area contributed by atoms with Crippen molar-refractivity contribution in [2.75, 3.05) is 7.05 Å². The highest BCUT2D eigenvalue weighted by molar-refractivity contribution is 6.42. The highest BCUT2D eigenvalue weighted by atomic mass is 35.5. The number of ether oxygens (including phenoxy) is 1. The first-order chi connectivity index (χ1) is 9.52. The first kappa shape index (κ1) is 15.5. The zero-order valence-electron chi connectivity index (χ0n) is 11.1. The van der Waals surface area contributed by atoms with Crippen LogP contribution in [0.4, 0.5) is 0 Å². The average molecular weight is 331 g/mol. The molecule has 20 heavy (non-hydrogen) atoms. The Kier molecular flexibility index (Phi) is 5.17. The van der Waals surface area contributed by atoms with Gasteiger partial charge in [0.25, 0.3) is 0 Å². The Morgan fingerprint density at radius 1 is 1.05 bits per heavy atom. The fourth-order valence-electron chi connectivity index (χ4n) is 1.77. The molecule has 0 spiro atoms. The molecule has 0 amide bonds. The van der Waals surface area contributed by atoms with Crippen molar-refractivity contribution in [1.82, 2.24) is 5.32 Å². The van der Waals surface area contributed by atoms with Crippen molar-refractivity contribution in [3.63, 3.8) is 0 Å². The molecule has 0 bridgehead atoms. The fraction of sp³-hybridized carbons (Fsp3) is 0.200. The molecule has 0 aromatic heterocycles. The lowest BCUT2D eigenvalue weighted by atomic mass is 10.1. The Bertz CT molecular complexity index is 616. The van der Waals surface area contributed by atoms with Crippen molar-refractivity contribution in [2.45, 2.75) is 13.0 Å². The second-order valence-corrected chi connectivity index (χ2v) is 5.54. The summed E-state index contributed by atoms with van der Waals surface area (Å²) < 4.78 is 5.72. The van der Waals surface area contributed by atoms with Gasteiger partial charge in [-0.15, -0.1) is 0 Å². The molecule has 5 heteroatoms. The molecule has 1 N–H and O–H groups in total. The van der Waals surface area contributed by atoms with Crippen molar-refractivity contribution in [1.29, 1.82) is 0 Å². The van der Waals surface area contributed by atoms with Gasteiger partial charge in [-0.25, -0.2) is 0 Å². The minimum absolute atomic E-state index is 0.173. The van der Waals surface area contributed by atoms with Crippen LogP contribution in [0.1, 0.15) is 18.5 Å². The monoisotopic (exact) mass is 329 g/mol. The smallest absolute Gasteiger partial charge is 0.147 e. The summed E-state index contributed by atoms with van der Waals surface area (Å²) in [5.74, 6) is 1.12. The van der Waals surface area contributed by atoms with Crippen LogP contribution in [0.2, 0.25) is 15.1 Å². The van der Waals surface area contributed by atoms with Gasteiger partial charge in [0.1, 0.15) is 16.5 Å². The van der Waals surface area contributed by atoms with Crippen LogP contribution < -0.4 is 10.1 Å². The van der Waals surface area contributed by atoms with Gasteiger partial charge in [-0.3, -0.25) is 0 Å². The molecule has 2 rings (SSSR count). The van der Waals surface area contributed by atoms with Crippen molar-refractivity contribution >= 4 is 34.8 Å². The van der Waals surface area contributed by atoms with E-state index in [0.717, 1.165) is 5.56 Å². The second kappa shape index (κ2) is 6.68. The van der Waals surface area contributed by atoms with Gasteiger partial charge in [-0.05, 0) is 43.8 Å². The van der Waals surface area contributed by atoms with E-state index in [4.69, 9.17) is 39.5 Å². The average Bonchev–Trinajstić information content (AvgIpc) is 2.43. The molecule has 2 aromatic rings. The lowest BCUT2D eigenvalue weighted by Crippen LogP contribution is -2.12. The van der Waals surface area contributed by atoms with E-state index in [2.05, 4.69) is 5.32 Å². The molecule has 106 valence electrons. The van der Waals surface area contributed by atoms with Crippen LogP contribution in [-0.4, -0.2) is 7.05 Å². The molecule has 0 aliphatic heterocycles. The Morgan fingerprint density at radius 2 is 1.80 bits per heavy atom. The first-order valence-corrected chi connectivity index (χ1v) is 7.25. The van der Waals surface area contributed by atoms with E-state index in [-0.39, 0.29) is 6.04 Å². The largest absolute Gasteiger partial charge is 0.456 e. The van der Waals surface area contributed by atoms with Crippen molar-refractivity contribution < 1.29 is 4.74 Å². The van der Waals surface area contributed by atoms with E-state index in [1.54, 1.807) is 24.3 Å². The van der Waals surface area contributed by atoms with Gasteiger partial charge in [0.05, 0.1) is 5.02 Å². The highest BCUT2D eigenvalue weighted by Crippen LogP contribution is 2.36. The van der Waals surface area contributed by atoms with Gasteiger partial charge >= 0.3 is 0 Å². The molecule has 0 heterocycles. The molecule has 0 radical (unpaired) electrons.